The molecule has 3 rings (SSSR count). The second-order valence-electron chi connectivity index (χ2n) is 7.42. The minimum atomic E-state index is -5.32. The summed E-state index contributed by atoms with van der Waals surface area (Å²) in [6, 6.07) is 0.951. The van der Waals surface area contributed by atoms with Crippen LogP contribution in [-0.4, -0.2) is 9.91 Å². The van der Waals surface area contributed by atoms with Crippen LogP contribution in [-0.2, 0) is 24.7 Å². The minimum Gasteiger partial charge on any atom is -0.439 e. The topological polar surface area (TPSA) is 74.5 Å². The van der Waals surface area contributed by atoms with E-state index in [0.29, 0.717) is 12.1 Å². The van der Waals surface area contributed by atoms with Crippen LogP contribution in [0, 0.1) is 10.1 Å². The summed E-state index contributed by atoms with van der Waals surface area (Å²) in [5.41, 5.74) is -8.45. The largest absolute Gasteiger partial charge is 0.439 e. The van der Waals surface area contributed by atoms with Crippen LogP contribution in [0.25, 0.3) is 0 Å². The van der Waals surface area contributed by atoms with Gasteiger partial charge in [0, 0.05) is 12.1 Å². The Balaban J connectivity index is 2.09. The number of rotatable bonds is 5. The van der Waals surface area contributed by atoms with E-state index < -0.39 is 80.8 Å². The Labute approximate surface area is 207 Å². The number of aromatic nitrogens is 1. The summed E-state index contributed by atoms with van der Waals surface area (Å²) < 4.78 is 167. The Morgan fingerprint density at radius 1 is 0.590 bits per heavy atom. The molecule has 0 unspecified atom stereocenters. The van der Waals surface area contributed by atoms with Gasteiger partial charge in [0.05, 0.1) is 27.2 Å². The van der Waals surface area contributed by atoms with Gasteiger partial charge in [0.1, 0.15) is 11.5 Å². The van der Waals surface area contributed by atoms with E-state index in [0.717, 1.165) is 0 Å². The lowest BCUT2D eigenvalue weighted by atomic mass is 10.1. The first kappa shape index (κ1) is 29.3. The molecule has 2 aromatic carbocycles. The summed E-state index contributed by atoms with van der Waals surface area (Å²) in [5.74, 6) is -4.58. The molecule has 0 radical (unpaired) electrons. The third kappa shape index (κ3) is 7.20. The fraction of sp³-hybridized carbons (Fsp3) is 0.190. The van der Waals surface area contributed by atoms with Crippen LogP contribution in [0.1, 0.15) is 22.3 Å². The van der Waals surface area contributed by atoms with Crippen molar-refractivity contribution in [1.82, 2.24) is 4.98 Å². The number of hydrogen-bond acceptors (Lipinski definition) is 5. The highest BCUT2D eigenvalue weighted by molar-refractivity contribution is 5.48. The van der Waals surface area contributed by atoms with Gasteiger partial charge in [0.15, 0.2) is 0 Å². The Hall–Kier alpha value is -4.25. The molecule has 0 saturated heterocycles. The van der Waals surface area contributed by atoms with Gasteiger partial charge in [0.2, 0.25) is 5.88 Å². The second kappa shape index (κ2) is 9.81. The average Bonchev–Trinajstić information content (AvgIpc) is 2.76. The molecule has 18 heteroatoms. The number of pyridine rings is 1. The van der Waals surface area contributed by atoms with Crippen LogP contribution in [0.3, 0.4) is 0 Å². The molecule has 210 valence electrons. The van der Waals surface area contributed by atoms with E-state index in [1.165, 1.54) is 0 Å². The van der Waals surface area contributed by atoms with Gasteiger partial charge in [-0.15, -0.1) is 0 Å². The van der Waals surface area contributed by atoms with E-state index in [1.54, 1.807) is 0 Å². The zero-order valence-corrected chi connectivity index (χ0v) is 18.2. The van der Waals surface area contributed by atoms with Gasteiger partial charge >= 0.3 is 36.3 Å². The standard InChI is InChI=1S/C21H8F12N2O4/c22-18(23,24)9-3-10(19(25,26)27)6-13(5-9)38-16-2-1-15(35(36)37)17(34-16)39-14-7-11(20(28,29)30)4-12(8-14)21(31,32)33/h1-8H. The third-order valence-electron chi connectivity index (χ3n) is 4.57. The van der Waals surface area contributed by atoms with Crippen molar-refractivity contribution in [3.63, 3.8) is 0 Å². The van der Waals surface area contributed by atoms with Crippen LogP contribution in [0.4, 0.5) is 58.4 Å². The van der Waals surface area contributed by atoms with Crippen LogP contribution < -0.4 is 9.47 Å². The molecule has 3 aromatic rings. The molecule has 0 saturated carbocycles. The summed E-state index contributed by atoms with van der Waals surface area (Å²) >= 11 is 0. The number of ether oxygens (including phenoxy) is 2. The molecular formula is C21H8F12N2O4. The smallest absolute Gasteiger partial charge is 0.416 e. The summed E-state index contributed by atoms with van der Waals surface area (Å²) in [6.07, 6.45) is -21.2. The maximum absolute atomic E-state index is 13.1. The molecule has 0 atom stereocenters. The molecule has 0 bridgehead atoms. The van der Waals surface area contributed by atoms with Crippen molar-refractivity contribution >= 4 is 5.69 Å². The highest BCUT2D eigenvalue weighted by atomic mass is 19.4. The number of halogens is 12. The van der Waals surface area contributed by atoms with E-state index in [4.69, 9.17) is 9.47 Å². The first-order valence-corrected chi connectivity index (χ1v) is 9.75. The predicted octanol–water partition coefficient (Wildman–Crippen LogP) is 8.65. The maximum Gasteiger partial charge on any atom is 0.416 e. The molecule has 6 nitrogen and oxygen atoms in total. The van der Waals surface area contributed by atoms with Gasteiger partial charge in [-0.1, -0.05) is 0 Å². The molecule has 0 amide bonds. The van der Waals surface area contributed by atoms with Crippen molar-refractivity contribution in [2.24, 2.45) is 0 Å². The molecular weight excluding hydrogens is 572 g/mol. The third-order valence-corrected chi connectivity index (χ3v) is 4.57. The van der Waals surface area contributed by atoms with Crippen molar-refractivity contribution in [1.29, 1.82) is 0 Å². The Morgan fingerprint density at radius 3 is 1.28 bits per heavy atom. The second-order valence-corrected chi connectivity index (χ2v) is 7.42. The number of hydrogen-bond donors (Lipinski definition) is 0. The van der Waals surface area contributed by atoms with Crippen LogP contribution >= 0.6 is 0 Å². The summed E-state index contributed by atoms with van der Waals surface area (Å²) in [4.78, 5) is 13.4. The summed E-state index contributed by atoms with van der Waals surface area (Å²) in [7, 11) is 0. The molecule has 0 aliphatic heterocycles. The summed E-state index contributed by atoms with van der Waals surface area (Å²) in [5, 5.41) is 11.3. The number of nitrogens with zero attached hydrogens (tertiary/aromatic N) is 2. The number of alkyl halides is 12. The van der Waals surface area contributed by atoms with Gasteiger partial charge in [-0.2, -0.15) is 57.7 Å². The first-order chi connectivity index (χ1) is 17.6. The lowest BCUT2D eigenvalue weighted by molar-refractivity contribution is -0.386. The first-order valence-electron chi connectivity index (χ1n) is 9.75. The normalized spacial score (nSPS) is 12.8. The van der Waals surface area contributed by atoms with Crippen molar-refractivity contribution < 1.29 is 67.1 Å². The van der Waals surface area contributed by atoms with Crippen LogP contribution in [0.5, 0.6) is 23.3 Å². The highest BCUT2D eigenvalue weighted by Crippen LogP contribution is 2.42. The number of nitro groups is 1. The SMILES string of the molecule is O=[N+]([O-])c1ccc(Oc2cc(C(F)(F)F)cc(C(F)(F)F)c2)nc1Oc1cc(C(F)(F)F)cc(C(F)(F)F)c1. The maximum atomic E-state index is 13.1. The average molecular weight is 580 g/mol. The van der Waals surface area contributed by atoms with Crippen molar-refractivity contribution in [3.8, 4) is 23.3 Å². The van der Waals surface area contributed by atoms with Crippen LogP contribution in [0.2, 0.25) is 0 Å². The van der Waals surface area contributed by atoms with Crippen LogP contribution in [0.15, 0.2) is 48.5 Å². The van der Waals surface area contributed by atoms with E-state index in [9.17, 15) is 62.8 Å². The quantitative estimate of drug-likeness (QED) is 0.172. The zero-order valence-electron chi connectivity index (χ0n) is 18.2. The fourth-order valence-corrected chi connectivity index (χ4v) is 2.89. The molecule has 39 heavy (non-hydrogen) atoms. The van der Waals surface area contributed by atoms with Crippen molar-refractivity contribution in [2.45, 2.75) is 24.7 Å². The van der Waals surface area contributed by atoms with E-state index in [-0.39, 0.29) is 36.4 Å². The molecule has 1 heterocycles. The monoisotopic (exact) mass is 580 g/mol. The van der Waals surface area contributed by atoms with Gasteiger partial charge in [-0.05, 0) is 36.4 Å². The predicted molar refractivity (Wildman–Crippen MR) is 104 cm³/mol. The Morgan fingerprint density at radius 2 is 0.949 bits per heavy atom. The zero-order chi connectivity index (χ0) is 29.6. The van der Waals surface area contributed by atoms with Gasteiger partial charge < -0.3 is 9.47 Å². The van der Waals surface area contributed by atoms with Gasteiger partial charge in [-0.25, -0.2) is 0 Å². The molecule has 0 N–H and O–H groups in total. The molecule has 0 fully saturated rings. The van der Waals surface area contributed by atoms with Gasteiger partial charge in [0.25, 0.3) is 0 Å². The van der Waals surface area contributed by atoms with Gasteiger partial charge in [-0.3, -0.25) is 10.1 Å². The molecule has 0 spiro atoms. The van der Waals surface area contributed by atoms with Crippen molar-refractivity contribution in [2.75, 3.05) is 0 Å². The molecule has 0 aliphatic rings. The fourth-order valence-electron chi connectivity index (χ4n) is 2.89. The lowest BCUT2D eigenvalue weighted by Crippen LogP contribution is -2.11. The Kier molecular flexibility index (Phi) is 7.37. The van der Waals surface area contributed by atoms with Crippen molar-refractivity contribution in [3.05, 3.63) is 80.9 Å². The lowest BCUT2D eigenvalue weighted by Gasteiger charge is -2.15. The highest BCUT2D eigenvalue weighted by Gasteiger charge is 2.39. The van der Waals surface area contributed by atoms with E-state index >= 15 is 0 Å². The molecule has 1 aromatic heterocycles. The van der Waals surface area contributed by atoms with E-state index in [2.05, 4.69) is 4.98 Å². The number of benzene rings is 2. The Bertz CT molecular complexity index is 1330. The summed E-state index contributed by atoms with van der Waals surface area (Å²) in [6.45, 7) is 0. The minimum absolute atomic E-state index is 0.0522. The van der Waals surface area contributed by atoms with E-state index in [1.807, 2.05) is 0 Å². The molecule has 0 aliphatic carbocycles.